The Bertz CT molecular complexity index is 639. The van der Waals surface area contributed by atoms with Crippen LogP contribution < -0.4 is 0 Å². The fraction of sp³-hybridized carbons (Fsp3) is 0.692. The van der Waals surface area contributed by atoms with Gasteiger partial charge in [0.1, 0.15) is 4.90 Å². The Labute approximate surface area is 129 Å². The lowest BCUT2D eigenvalue weighted by Crippen LogP contribution is -2.30. The minimum absolute atomic E-state index is 0.0914. The summed E-state index contributed by atoms with van der Waals surface area (Å²) < 4.78 is 23.4. The molecule has 0 saturated carbocycles. The molecule has 1 aromatic rings. The van der Waals surface area contributed by atoms with Crippen LogP contribution >= 0.6 is 10.7 Å². The molecule has 118 valence electrons. The molecule has 1 aliphatic rings. The number of aromatic nitrogens is 2. The molecular weight excluding hydrogens is 314 g/mol. The summed E-state index contributed by atoms with van der Waals surface area (Å²) in [5, 5.41) is 6.50. The summed E-state index contributed by atoms with van der Waals surface area (Å²) in [6.45, 7) is 7.27. The van der Waals surface area contributed by atoms with Gasteiger partial charge in [0, 0.05) is 23.8 Å². The first kappa shape index (κ1) is 16.3. The highest BCUT2D eigenvalue weighted by Gasteiger charge is 2.34. The predicted molar refractivity (Wildman–Crippen MR) is 79.9 cm³/mol. The lowest BCUT2D eigenvalue weighted by molar-refractivity contribution is 0.0774. The highest BCUT2D eigenvalue weighted by atomic mass is 35.7. The number of aromatic amines is 1. The Hall–Kier alpha value is -1.08. The third-order valence-electron chi connectivity index (χ3n) is 4.05. The summed E-state index contributed by atoms with van der Waals surface area (Å²) in [7, 11) is 1.45. The molecule has 21 heavy (non-hydrogen) atoms. The van der Waals surface area contributed by atoms with Crippen molar-refractivity contribution in [2.75, 3.05) is 13.1 Å². The second-order valence-electron chi connectivity index (χ2n) is 5.72. The first-order valence-electron chi connectivity index (χ1n) is 7.06. The number of carbonyl (C=O) groups excluding carboxylic acids is 1. The number of likely N-dealkylation sites (tertiary alicyclic amines) is 1. The third kappa shape index (κ3) is 3.23. The molecule has 0 aliphatic carbocycles. The van der Waals surface area contributed by atoms with E-state index in [1.54, 1.807) is 11.8 Å². The SMILES string of the molecule is CCc1[nH]nc(C(=O)N2CCC(C(C)C)C2)c1S(=O)(=O)Cl. The maximum absolute atomic E-state index is 12.5. The molecule has 1 saturated heterocycles. The van der Waals surface area contributed by atoms with Gasteiger partial charge in [-0.1, -0.05) is 20.8 Å². The molecule has 1 N–H and O–H groups in total. The molecule has 1 fully saturated rings. The van der Waals surface area contributed by atoms with E-state index in [4.69, 9.17) is 10.7 Å². The minimum atomic E-state index is -4.01. The molecule has 8 heteroatoms. The minimum Gasteiger partial charge on any atom is -0.337 e. The summed E-state index contributed by atoms with van der Waals surface area (Å²) in [6.07, 6.45) is 1.34. The smallest absolute Gasteiger partial charge is 0.275 e. The van der Waals surface area contributed by atoms with Gasteiger partial charge < -0.3 is 4.90 Å². The van der Waals surface area contributed by atoms with Gasteiger partial charge in [-0.25, -0.2) is 8.42 Å². The van der Waals surface area contributed by atoms with Crippen LogP contribution in [0.1, 0.15) is 43.4 Å². The average molecular weight is 334 g/mol. The zero-order chi connectivity index (χ0) is 15.8. The molecule has 1 atom stereocenters. The van der Waals surface area contributed by atoms with Gasteiger partial charge >= 0.3 is 0 Å². The van der Waals surface area contributed by atoms with Crippen molar-refractivity contribution >= 4 is 25.6 Å². The normalized spacial score (nSPS) is 19.5. The van der Waals surface area contributed by atoms with E-state index in [0.29, 0.717) is 37.0 Å². The molecule has 1 unspecified atom stereocenters. The first-order valence-corrected chi connectivity index (χ1v) is 9.37. The van der Waals surface area contributed by atoms with Crippen LogP contribution in [0.25, 0.3) is 0 Å². The number of halogens is 1. The monoisotopic (exact) mass is 333 g/mol. The van der Waals surface area contributed by atoms with Gasteiger partial charge in [0.05, 0.1) is 5.69 Å². The van der Waals surface area contributed by atoms with Crippen LogP contribution in [0, 0.1) is 11.8 Å². The van der Waals surface area contributed by atoms with Crippen molar-refractivity contribution in [3.8, 4) is 0 Å². The Balaban J connectivity index is 2.31. The third-order valence-corrected chi connectivity index (χ3v) is 5.44. The topological polar surface area (TPSA) is 83.1 Å². The summed E-state index contributed by atoms with van der Waals surface area (Å²) in [4.78, 5) is 14.0. The van der Waals surface area contributed by atoms with E-state index in [1.165, 1.54) is 0 Å². The molecule has 0 aromatic carbocycles. The summed E-state index contributed by atoms with van der Waals surface area (Å²) >= 11 is 0. The van der Waals surface area contributed by atoms with Crippen molar-refractivity contribution in [2.24, 2.45) is 11.8 Å². The maximum Gasteiger partial charge on any atom is 0.275 e. The van der Waals surface area contributed by atoms with Crippen molar-refractivity contribution in [2.45, 2.75) is 38.5 Å². The fourth-order valence-corrected chi connectivity index (χ4v) is 4.03. The molecule has 1 aliphatic heterocycles. The number of H-pyrrole nitrogens is 1. The maximum atomic E-state index is 12.5. The van der Waals surface area contributed by atoms with Gasteiger partial charge in [-0.15, -0.1) is 0 Å². The quantitative estimate of drug-likeness (QED) is 0.854. The van der Waals surface area contributed by atoms with Gasteiger partial charge in [-0.05, 0) is 24.7 Å². The number of aryl methyl sites for hydroxylation is 1. The standard InChI is InChI=1S/C13H20ClN3O3S/c1-4-10-12(21(14,19)20)11(16-15-10)13(18)17-6-5-9(7-17)8(2)3/h8-9H,4-7H2,1-3H3,(H,15,16). The Morgan fingerprint density at radius 3 is 2.67 bits per heavy atom. The highest BCUT2D eigenvalue weighted by molar-refractivity contribution is 8.13. The number of amides is 1. The fourth-order valence-electron chi connectivity index (χ4n) is 2.68. The molecule has 0 radical (unpaired) electrons. The molecule has 2 heterocycles. The number of carbonyl (C=O) groups is 1. The lowest BCUT2D eigenvalue weighted by Gasteiger charge is -2.17. The Morgan fingerprint density at radius 1 is 1.52 bits per heavy atom. The van der Waals surface area contributed by atoms with Crippen LogP contribution in [0.2, 0.25) is 0 Å². The molecular formula is C13H20ClN3O3S. The Morgan fingerprint density at radius 2 is 2.19 bits per heavy atom. The van der Waals surface area contributed by atoms with Crippen LogP contribution in [0.5, 0.6) is 0 Å². The first-order chi connectivity index (χ1) is 9.75. The van der Waals surface area contributed by atoms with Crippen LogP contribution in [-0.4, -0.2) is 42.5 Å². The largest absolute Gasteiger partial charge is 0.337 e. The number of hydrogen-bond acceptors (Lipinski definition) is 4. The van der Waals surface area contributed by atoms with Crippen molar-refractivity contribution in [1.82, 2.24) is 15.1 Å². The number of nitrogens with one attached hydrogen (secondary N) is 1. The van der Waals surface area contributed by atoms with E-state index in [1.807, 2.05) is 0 Å². The van der Waals surface area contributed by atoms with Crippen molar-refractivity contribution < 1.29 is 13.2 Å². The van der Waals surface area contributed by atoms with Gasteiger partial charge in [0.15, 0.2) is 5.69 Å². The van der Waals surface area contributed by atoms with E-state index in [9.17, 15) is 13.2 Å². The van der Waals surface area contributed by atoms with E-state index >= 15 is 0 Å². The highest BCUT2D eigenvalue weighted by Crippen LogP contribution is 2.28. The van der Waals surface area contributed by atoms with E-state index < -0.39 is 9.05 Å². The van der Waals surface area contributed by atoms with Crippen molar-refractivity contribution in [1.29, 1.82) is 0 Å². The Kier molecular flexibility index (Phi) is 4.63. The average Bonchev–Trinajstić information content (AvgIpc) is 3.03. The van der Waals surface area contributed by atoms with Crippen molar-refractivity contribution in [3.63, 3.8) is 0 Å². The van der Waals surface area contributed by atoms with E-state index in [2.05, 4.69) is 24.0 Å². The summed E-state index contributed by atoms with van der Waals surface area (Å²) in [5.74, 6) is 0.562. The summed E-state index contributed by atoms with van der Waals surface area (Å²) in [5.41, 5.74) is 0.277. The van der Waals surface area contributed by atoms with Gasteiger partial charge in [0.25, 0.3) is 15.0 Å². The lowest BCUT2D eigenvalue weighted by atomic mass is 9.95. The zero-order valence-corrected chi connectivity index (χ0v) is 14.0. The molecule has 0 spiro atoms. The van der Waals surface area contributed by atoms with Gasteiger partial charge in [-0.3, -0.25) is 9.89 Å². The van der Waals surface area contributed by atoms with E-state index in [-0.39, 0.29) is 16.5 Å². The van der Waals surface area contributed by atoms with Crippen molar-refractivity contribution in [3.05, 3.63) is 11.4 Å². The van der Waals surface area contributed by atoms with Crippen LogP contribution in [-0.2, 0) is 15.5 Å². The van der Waals surface area contributed by atoms with Gasteiger partial charge in [-0.2, -0.15) is 5.10 Å². The zero-order valence-electron chi connectivity index (χ0n) is 12.4. The summed E-state index contributed by atoms with van der Waals surface area (Å²) in [6, 6.07) is 0. The van der Waals surface area contributed by atoms with E-state index in [0.717, 1.165) is 6.42 Å². The van der Waals surface area contributed by atoms with Crippen LogP contribution in [0.15, 0.2) is 4.90 Å². The number of nitrogens with zero attached hydrogens (tertiary/aromatic N) is 2. The second kappa shape index (κ2) is 5.96. The van der Waals surface area contributed by atoms with Crippen LogP contribution in [0.3, 0.4) is 0 Å². The second-order valence-corrected chi connectivity index (χ2v) is 8.22. The molecule has 2 rings (SSSR count). The van der Waals surface area contributed by atoms with Crippen LogP contribution in [0.4, 0.5) is 0 Å². The predicted octanol–water partition coefficient (Wildman–Crippen LogP) is 2.02. The molecule has 0 bridgehead atoms. The number of hydrogen-bond donors (Lipinski definition) is 1. The molecule has 1 aromatic heterocycles. The molecule has 1 amide bonds. The van der Waals surface area contributed by atoms with Gasteiger partial charge in [0.2, 0.25) is 0 Å². The molecule has 6 nitrogen and oxygen atoms in total. The number of rotatable bonds is 4.